The summed E-state index contributed by atoms with van der Waals surface area (Å²) >= 11 is 0. The maximum atomic E-state index is 14.0. The van der Waals surface area contributed by atoms with E-state index in [1.54, 1.807) is 0 Å². The molecule has 0 saturated carbocycles. The summed E-state index contributed by atoms with van der Waals surface area (Å²) < 4.78 is 31.3. The average Bonchev–Trinajstić information content (AvgIpc) is 3.40. The van der Waals surface area contributed by atoms with Gasteiger partial charge in [-0.2, -0.15) is 0 Å². The van der Waals surface area contributed by atoms with Crippen LogP contribution in [-0.2, 0) is 20.8 Å². The zero-order valence-corrected chi connectivity index (χ0v) is 24.1. The summed E-state index contributed by atoms with van der Waals surface area (Å²) in [5.74, 6) is 1.54. The lowest BCUT2D eigenvalue weighted by Crippen LogP contribution is -2.51. The highest BCUT2D eigenvalue weighted by Crippen LogP contribution is 2.40. The summed E-state index contributed by atoms with van der Waals surface area (Å²) in [4.78, 5) is 30.4. The van der Waals surface area contributed by atoms with E-state index in [2.05, 4.69) is 5.32 Å². The van der Waals surface area contributed by atoms with Crippen molar-refractivity contribution in [3.05, 3.63) is 46.4 Å². The second kappa shape index (κ2) is 10.5. The maximum absolute atomic E-state index is 14.0. The molecule has 0 aliphatic carbocycles. The van der Waals surface area contributed by atoms with Gasteiger partial charge >= 0.3 is 5.97 Å². The van der Waals surface area contributed by atoms with Crippen LogP contribution in [0.5, 0.6) is 17.2 Å². The molecule has 10 heteroatoms. The second-order valence-corrected chi connectivity index (χ2v) is 11.1. The van der Waals surface area contributed by atoms with Crippen LogP contribution in [0.3, 0.4) is 0 Å². The molecular formula is C31H35N3O7. The number of likely N-dealkylation sites (N-methyl/N-ethyl adjacent to an activating group) is 1. The first-order chi connectivity index (χ1) is 19.7. The minimum Gasteiger partial charge on any atom is -0.464 e. The summed E-state index contributed by atoms with van der Waals surface area (Å²) in [5.41, 5.74) is 2.24. The molecule has 0 spiro atoms. The number of ether oxygens (including phenoxy) is 5. The van der Waals surface area contributed by atoms with Crippen LogP contribution in [0.4, 0.5) is 0 Å². The molecule has 0 radical (unpaired) electrons. The Morgan fingerprint density at radius 3 is 2.54 bits per heavy atom. The molecule has 10 nitrogen and oxygen atoms in total. The minimum absolute atomic E-state index is 0.0251. The zero-order valence-electron chi connectivity index (χ0n) is 24.1. The fourth-order valence-corrected chi connectivity index (χ4v) is 6.00. The number of esters is 1. The van der Waals surface area contributed by atoms with E-state index in [4.69, 9.17) is 28.7 Å². The number of nitrogens with one attached hydrogen (secondary N) is 1. The lowest BCUT2D eigenvalue weighted by Gasteiger charge is -2.42. The summed E-state index contributed by atoms with van der Waals surface area (Å²) in [6, 6.07) is 7.56. The quantitative estimate of drug-likeness (QED) is 0.272. The van der Waals surface area contributed by atoms with Gasteiger partial charge in [0.15, 0.2) is 11.5 Å². The number of fused-ring (bicyclic) bond motifs is 6. The molecule has 41 heavy (non-hydrogen) atoms. The molecule has 1 fully saturated rings. The number of aryl methyl sites for hydroxylation is 1. The van der Waals surface area contributed by atoms with Crippen LogP contribution in [-0.4, -0.2) is 54.4 Å². The van der Waals surface area contributed by atoms with E-state index in [1.807, 2.05) is 69.8 Å². The standard InChI is InChI=1S/C31H35N3O7/c1-15-9-21-20(10-25(15)41-31-17(3)16(2)29(18(4)39-31)40-19(5)35)23-13-33-24-12-27-26(37-14-38-27)11-22(24)28(23)34(30(21)36)8-7-32-6/h9-13,16-18,29,31-32H,7-8,14H2,1-6H3/t16-,17-,18-,29?,31-/m0/s1. The molecule has 2 aliphatic rings. The Morgan fingerprint density at radius 2 is 1.80 bits per heavy atom. The predicted octanol–water partition coefficient (Wildman–Crippen LogP) is 4.29. The van der Waals surface area contributed by atoms with Gasteiger partial charge in [0.25, 0.3) is 5.56 Å². The van der Waals surface area contributed by atoms with Crippen LogP contribution < -0.4 is 25.1 Å². The highest BCUT2D eigenvalue weighted by molar-refractivity contribution is 6.15. The molecule has 1 saturated heterocycles. The number of carbonyl (C=O) groups excluding carboxylic acids is 1. The van der Waals surface area contributed by atoms with Crippen molar-refractivity contribution in [3.63, 3.8) is 0 Å². The molecule has 4 heterocycles. The van der Waals surface area contributed by atoms with Gasteiger partial charge < -0.3 is 33.6 Å². The van der Waals surface area contributed by atoms with Crippen molar-refractivity contribution in [2.45, 2.75) is 59.7 Å². The van der Waals surface area contributed by atoms with Crippen LogP contribution in [0, 0.1) is 18.8 Å². The summed E-state index contributed by atoms with van der Waals surface area (Å²) in [6.45, 7) is 10.6. The van der Waals surface area contributed by atoms with E-state index < -0.39 is 6.29 Å². The van der Waals surface area contributed by atoms with Crippen molar-refractivity contribution in [2.75, 3.05) is 20.4 Å². The van der Waals surface area contributed by atoms with Crippen LogP contribution in [0.2, 0.25) is 0 Å². The molecule has 2 aromatic heterocycles. The van der Waals surface area contributed by atoms with Gasteiger partial charge in [-0.3, -0.25) is 14.6 Å². The summed E-state index contributed by atoms with van der Waals surface area (Å²) in [5, 5.41) is 6.15. The van der Waals surface area contributed by atoms with Gasteiger partial charge in [-0.15, -0.1) is 0 Å². The van der Waals surface area contributed by atoms with Crippen molar-refractivity contribution >= 4 is 38.5 Å². The van der Waals surface area contributed by atoms with Crippen molar-refractivity contribution in [1.29, 1.82) is 0 Å². The van der Waals surface area contributed by atoms with Gasteiger partial charge in [-0.1, -0.05) is 13.8 Å². The first-order valence-electron chi connectivity index (χ1n) is 14.0. The Hall–Kier alpha value is -3.89. The highest BCUT2D eigenvalue weighted by Gasteiger charge is 2.42. The third-order valence-corrected chi connectivity index (χ3v) is 8.40. The van der Waals surface area contributed by atoms with Crippen molar-refractivity contribution in [1.82, 2.24) is 14.9 Å². The molecule has 4 aromatic rings. The van der Waals surface area contributed by atoms with Gasteiger partial charge in [0.05, 0.1) is 17.1 Å². The molecule has 1 unspecified atom stereocenters. The monoisotopic (exact) mass is 561 g/mol. The molecule has 2 aliphatic heterocycles. The number of aromatic nitrogens is 2. The van der Waals surface area contributed by atoms with E-state index in [-0.39, 0.29) is 42.4 Å². The van der Waals surface area contributed by atoms with Crippen LogP contribution in [0.1, 0.15) is 33.3 Å². The van der Waals surface area contributed by atoms with Crippen LogP contribution >= 0.6 is 0 Å². The predicted molar refractivity (Wildman–Crippen MR) is 155 cm³/mol. The molecule has 2 aromatic carbocycles. The van der Waals surface area contributed by atoms with Crippen molar-refractivity contribution in [2.24, 2.45) is 11.8 Å². The van der Waals surface area contributed by atoms with Gasteiger partial charge in [0, 0.05) is 65.7 Å². The van der Waals surface area contributed by atoms with E-state index >= 15 is 0 Å². The number of nitrogens with zero attached hydrogens (tertiary/aromatic N) is 2. The fraction of sp³-hybridized carbons (Fsp3) is 0.452. The van der Waals surface area contributed by atoms with Gasteiger partial charge in [0.1, 0.15) is 11.9 Å². The van der Waals surface area contributed by atoms with Gasteiger partial charge in [0.2, 0.25) is 13.1 Å². The topological polar surface area (TPSA) is 110 Å². The number of pyridine rings is 2. The molecule has 0 bridgehead atoms. The zero-order chi connectivity index (χ0) is 29.0. The van der Waals surface area contributed by atoms with E-state index in [0.29, 0.717) is 35.7 Å². The average molecular weight is 562 g/mol. The highest BCUT2D eigenvalue weighted by atomic mass is 16.7. The van der Waals surface area contributed by atoms with Gasteiger partial charge in [-0.05, 0) is 44.7 Å². The van der Waals surface area contributed by atoms with Crippen LogP contribution in [0.25, 0.3) is 32.6 Å². The van der Waals surface area contributed by atoms with E-state index in [0.717, 1.165) is 32.8 Å². The molecule has 5 atom stereocenters. The molecule has 1 N–H and O–H groups in total. The van der Waals surface area contributed by atoms with Crippen molar-refractivity contribution in [3.8, 4) is 17.2 Å². The van der Waals surface area contributed by atoms with Gasteiger partial charge in [-0.25, -0.2) is 0 Å². The fourth-order valence-electron chi connectivity index (χ4n) is 6.00. The molecule has 216 valence electrons. The first-order valence-corrected chi connectivity index (χ1v) is 14.0. The number of benzene rings is 2. The van der Waals surface area contributed by atoms with E-state index in [9.17, 15) is 9.59 Å². The Morgan fingerprint density at radius 1 is 1.05 bits per heavy atom. The number of carbonyl (C=O) groups is 1. The number of hydrogen-bond acceptors (Lipinski definition) is 9. The summed E-state index contributed by atoms with van der Waals surface area (Å²) in [6.07, 6.45) is 0.572. The molecule has 0 amide bonds. The van der Waals surface area contributed by atoms with Crippen molar-refractivity contribution < 1.29 is 28.5 Å². The lowest BCUT2D eigenvalue weighted by atomic mass is 9.85. The Bertz CT molecular complexity index is 1730. The lowest BCUT2D eigenvalue weighted by molar-refractivity contribution is -0.234. The Balaban J connectivity index is 1.49. The first kappa shape index (κ1) is 27.3. The smallest absolute Gasteiger partial charge is 0.303 e. The van der Waals surface area contributed by atoms with Crippen LogP contribution in [0.15, 0.2) is 35.3 Å². The second-order valence-electron chi connectivity index (χ2n) is 11.1. The number of rotatable bonds is 6. The Labute approximate surface area is 237 Å². The SMILES string of the molecule is CNCCn1c(=O)c2cc(C)c(O[C@@H]3O[C@@H](C)C(OC(C)=O)[C@@H](C)[C@@H]3C)cc2c2cnc3cc4c(cc3c21)OCO4. The minimum atomic E-state index is -0.552. The maximum Gasteiger partial charge on any atom is 0.303 e. The largest absolute Gasteiger partial charge is 0.464 e. The number of hydrogen-bond donors (Lipinski definition) is 1. The van der Waals surface area contributed by atoms with E-state index in [1.165, 1.54) is 6.92 Å². The normalized spacial score (nSPS) is 23.8. The molecular weight excluding hydrogens is 526 g/mol. The summed E-state index contributed by atoms with van der Waals surface area (Å²) in [7, 11) is 1.87. The third kappa shape index (κ3) is 4.64. The molecule has 6 rings (SSSR count). The third-order valence-electron chi connectivity index (χ3n) is 8.40. The Kier molecular flexibility index (Phi) is 6.99.